The molecule has 6 radical (unpaired) electrons. The monoisotopic (exact) mass is 580 g/mol. The Morgan fingerprint density at radius 3 is 1.36 bits per heavy atom. The molecular formula is C20H21B3F6N2O7S. The van der Waals surface area contributed by atoms with Crippen LogP contribution in [0.5, 0.6) is 0 Å². The van der Waals surface area contributed by atoms with Crippen molar-refractivity contribution in [2.24, 2.45) is 0 Å². The minimum Gasteiger partial charge on any atom is -0.435 e. The number of ether oxygens (including phenoxy) is 1. The fourth-order valence-electron chi connectivity index (χ4n) is 3.79. The maximum Gasteiger partial charge on any atom is 0.438 e. The first kappa shape index (κ1) is 34.3. The molecule has 2 amide bonds. The Labute approximate surface area is 224 Å². The zero-order valence-corrected chi connectivity index (χ0v) is 21.8. The van der Waals surface area contributed by atoms with Crippen molar-refractivity contribution in [1.82, 2.24) is 0 Å². The predicted molar refractivity (Wildman–Crippen MR) is 130 cm³/mol. The molecule has 210 valence electrons. The Balaban J connectivity index is 4.37. The fourth-order valence-corrected chi connectivity index (χ4v) is 4.69. The van der Waals surface area contributed by atoms with E-state index in [2.05, 4.69) is 4.74 Å². The molecule has 1 rings (SSSR count). The summed E-state index contributed by atoms with van der Waals surface area (Å²) >= 11 is 0. The van der Waals surface area contributed by atoms with Crippen LogP contribution in [0.3, 0.4) is 0 Å². The van der Waals surface area contributed by atoms with E-state index in [0.29, 0.717) is 0 Å². The second-order valence-electron chi connectivity index (χ2n) is 8.21. The molecule has 1 aromatic carbocycles. The molecule has 0 unspecified atom stereocenters. The van der Waals surface area contributed by atoms with Gasteiger partial charge in [-0.2, -0.15) is 34.8 Å². The highest BCUT2D eigenvalue weighted by Gasteiger charge is 2.76. The molecule has 1 N–H and O–H groups in total. The number of benzene rings is 1. The number of hydrogen-bond acceptors (Lipinski definition) is 6. The Morgan fingerprint density at radius 2 is 1.13 bits per heavy atom. The molecule has 0 aliphatic carbocycles. The average molecular weight is 580 g/mol. The predicted octanol–water partition coefficient (Wildman–Crippen LogP) is 1.57. The molecule has 19 heteroatoms. The summed E-state index contributed by atoms with van der Waals surface area (Å²) < 4.78 is 118. The van der Waals surface area contributed by atoms with Gasteiger partial charge in [0.1, 0.15) is 5.75 Å². The van der Waals surface area contributed by atoms with Gasteiger partial charge in [0.05, 0.1) is 40.5 Å². The number of anilines is 2. The van der Waals surface area contributed by atoms with Crippen molar-refractivity contribution in [3.05, 3.63) is 22.3 Å². The molecule has 0 heterocycles. The number of hydrogen-bond donors (Lipinski definition) is 1. The summed E-state index contributed by atoms with van der Waals surface area (Å²) in [5.41, 5.74) is -8.66. The Hall–Kier alpha value is -2.69. The van der Waals surface area contributed by atoms with Crippen LogP contribution in [0, 0.1) is 0 Å². The molecule has 0 saturated heterocycles. The van der Waals surface area contributed by atoms with Gasteiger partial charge in [0.25, 0.3) is 10.1 Å². The van der Waals surface area contributed by atoms with Gasteiger partial charge in [-0.1, -0.05) is 19.0 Å². The number of halogens is 6. The number of nitrogens with zero attached hydrogens (tertiary/aromatic N) is 2. The van der Waals surface area contributed by atoms with Gasteiger partial charge in [0, 0.05) is 27.9 Å². The Bertz CT molecular complexity index is 1190. The molecule has 0 spiro atoms. The molecular weight excluding hydrogens is 559 g/mol. The van der Waals surface area contributed by atoms with Crippen LogP contribution in [0.4, 0.5) is 37.7 Å². The smallest absolute Gasteiger partial charge is 0.435 e. The molecule has 0 aliphatic heterocycles. The lowest BCUT2D eigenvalue weighted by Crippen LogP contribution is -2.63. The summed E-state index contributed by atoms with van der Waals surface area (Å²) in [6.07, 6.45) is -15.3. The van der Waals surface area contributed by atoms with Crippen LogP contribution in [0.25, 0.3) is 0 Å². The normalized spacial score (nSPS) is 12.7. The maximum absolute atomic E-state index is 13.8. The molecule has 0 saturated carbocycles. The maximum atomic E-state index is 13.8. The van der Waals surface area contributed by atoms with Gasteiger partial charge in [-0.3, -0.25) is 14.1 Å². The molecule has 9 nitrogen and oxygen atoms in total. The van der Waals surface area contributed by atoms with Crippen LogP contribution in [0.2, 0.25) is 0 Å². The van der Waals surface area contributed by atoms with Crippen molar-refractivity contribution in [3.8, 4) is 0 Å². The summed E-state index contributed by atoms with van der Waals surface area (Å²) in [6.45, 7) is 2.04. The molecule has 1 aromatic rings. The highest BCUT2D eigenvalue weighted by Crippen LogP contribution is 2.48. The van der Waals surface area contributed by atoms with E-state index in [1.165, 1.54) is 0 Å². The van der Waals surface area contributed by atoms with E-state index in [1.54, 1.807) is 0 Å². The molecule has 0 fully saturated rings. The summed E-state index contributed by atoms with van der Waals surface area (Å²) in [6, 6.07) is 0. The highest BCUT2D eigenvalue weighted by molar-refractivity contribution is 7.85. The fraction of sp³-hybridized carbons (Fsp3) is 0.550. The third-order valence-electron chi connectivity index (χ3n) is 5.75. The highest BCUT2D eigenvalue weighted by atomic mass is 32.2. The van der Waals surface area contributed by atoms with Gasteiger partial charge in [-0.05, 0) is 16.7 Å². The first-order valence-electron chi connectivity index (χ1n) is 10.6. The third kappa shape index (κ3) is 6.73. The Kier molecular flexibility index (Phi) is 10.4. The average Bonchev–Trinajstić information content (AvgIpc) is 2.77. The summed E-state index contributed by atoms with van der Waals surface area (Å²) in [5.74, 6) is -7.03. The zero-order chi connectivity index (χ0) is 30.9. The second-order valence-corrected chi connectivity index (χ2v) is 9.67. The number of amides is 2. The Morgan fingerprint density at radius 1 is 0.795 bits per heavy atom. The first-order valence-corrected chi connectivity index (χ1v) is 12.2. The number of carbonyl (C=O) groups excluding carboxylic acids is 3. The van der Waals surface area contributed by atoms with Gasteiger partial charge >= 0.3 is 23.9 Å². The number of esters is 1. The van der Waals surface area contributed by atoms with E-state index in [0.717, 1.165) is 37.7 Å². The van der Waals surface area contributed by atoms with Crippen molar-refractivity contribution < 1.29 is 58.4 Å². The van der Waals surface area contributed by atoms with Crippen LogP contribution < -0.4 is 9.80 Å². The number of rotatable bonds is 9. The van der Waals surface area contributed by atoms with Gasteiger partial charge in [0.15, 0.2) is 0 Å². The van der Waals surface area contributed by atoms with Gasteiger partial charge in [0.2, 0.25) is 11.8 Å². The minimum absolute atomic E-state index is 0.0707. The summed E-state index contributed by atoms with van der Waals surface area (Å²) in [4.78, 5) is 39.3. The van der Waals surface area contributed by atoms with E-state index >= 15 is 0 Å². The first-order chi connectivity index (χ1) is 17.5. The van der Waals surface area contributed by atoms with Gasteiger partial charge in [-0.15, -0.1) is 0 Å². The van der Waals surface area contributed by atoms with Crippen LogP contribution >= 0.6 is 0 Å². The van der Waals surface area contributed by atoms with Gasteiger partial charge < -0.3 is 14.5 Å². The number of carbonyl (C=O) groups is 3. The van der Waals surface area contributed by atoms with E-state index in [9.17, 15) is 49.1 Å². The quantitative estimate of drug-likeness (QED) is 0.204. The molecule has 0 bridgehead atoms. The second kappa shape index (κ2) is 11.8. The molecule has 0 aliphatic rings. The lowest BCUT2D eigenvalue weighted by atomic mass is 9.78. The van der Waals surface area contributed by atoms with Crippen molar-refractivity contribution in [2.45, 2.75) is 50.8 Å². The largest absolute Gasteiger partial charge is 0.438 e. The van der Waals surface area contributed by atoms with E-state index in [4.69, 9.17) is 28.1 Å². The van der Waals surface area contributed by atoms with Crippen molar-refractivity contribution in [1.29, 1.82) is 0 Å². The summed E-state index contributed by atoms with van der Waals surface area (Å²) in [7, 11) is 13.4. The lowest BCUT2D eigenvalue weighted by molar-refractivity contribution is -0.356. The third-order valence-corrected chi connectivity index (χ3v) is 6.52. The lowest BCUT2D eigenvalue weighted by Gasteiger charge is -2.37. The summed E-state index contributed by atoms with van der Waals surface area (Å²) in [5, 5.41) is 0. The molecule has 0 aromatic heterocycles. The minimum atomic E-state index is -6.61. The van der Waals surface area contributed by atoms with Crippen LogP contribution in [0.1, 0.15) is 40.9 Å². The van der Waals surface area contributed by atoms with Crippen molar-refractivity contribution >= 4 is 62.8 Å². The number of alkyl halides is 6. The van der Waals surface area contributed by atoms with Crippen molar-refractivity contribution in [3.63, 3.8) is 0 Å². The van der Waals surface area contributed by atoms with E-state index in [1.807, 2.05) is 0 Å². The van der Waals surface area contributed by atoms with Crippen LogP contribution in [-0.4, -0.2) is 92.1 Å². The van der Waals surface area contributed by atoms with E-state index < -0.39 is 87.3 Å². The van der Waals surface area contributed by atoms with E-state index in [-0.39, 0.29) is 16.9 Å². The van der Waals surface area contributed by atoms with Crippen LogP contribution in [0.15, 0.2) is 0 Å². The SMILES string of the molecule is [B]Cc1c(C(=O)OC(CS(=O)(=O)O)(C(F)(F)F)C(F)(F)F)c(C[B])c(N(C)C(C)=O)c(C[B])c1N(C)C(C)=O. The molecule has 39 heavy (non-hydrogen) atoms. The van der Waals surface area contributed by atoms with Crippen LogP contribution in [-0.2, 0) is 43.4 Å². The van der Waals surface area contributed by atoms with Gasteiger partial charge in [-0.25, -0.2) is 4.79 Å². The standard InChI is InChI=1S/C20H21B3F6N2O7S/c1-9(32)30(3)15-11(5-21)14(12(6-22)16(13(15)7-23)31(4)10(2)33)17(34)38-18(19(24,25)26,20(27,28)29)8-39(35,36)37/h5-8H2,1-4H3,(H,35,36,37). The topological polar surface area (TPSA) is 121 Å². The van der Waals surface area contributed by atoms with Crippen molar-refractivity contribution in [2.75, 3.05) is 29.6 Å². The molecule has 0 atom stereocenters. The zero-order valence-electron chi connectivity index (χ0n) is 21.0.